The summed E-state index contributed by atoms with van der Waals surface area (Å²) in [5, 5.41) is 17.6. The fraction of sp³-hybridized carbons (Fsp3) is 0.278. The summed E-state index contributed by atoms with van der Waals surface area (Å²) in [6.45, 7) is 6.08. The molecule has 10 heteroatoms. The number of aryl methyl sites for hydroxylation is 3. The van der Waals surface area contributed by atoms with E-state index < -0.39 is 0 Å². The molecule has 4 rings (SSSR count). The van der Waals surface area contributed by atoms with E-state index in [9.17, 15) is 4.79 Å². The van der Waals surface area contributed by atoms with Crippen molar-refractivity contribution in [2.75, 3.05) is 5.32 Å². The molecule has 0 amide bonds. The molecule has 1 aromatic carbocycles. The van der Waals surface area contributed by atoms with Crippen LogP contribution in [0.5, 0.6) is 0 Å². The molecule has 0 aliphatic rings. The number of hydrogen-bond donors (Lipinski definition) is 1. The Morgan fingerprint density at radius 3 is 2.89 bits per heavy atom. The van der Waals surface area contributed by atoms with Gasteiger partial charge in [-0.05, 0) is 31.4 Å². The topological polar surface area (TPSA) is 85.1 Å². The zero-order chi connectivity index (χ0) is 19.7. The first-order valence-electron chi connectivity index (χ1n) is 8.71. The summed E-state index contributed by atoms with van der Waals surface area (Å²) in [5.74, 6) is 0.557. The third-order valence-corrected chi connectivity index (χ3v) is 6.95. The Balaban J connectivity index is 1.48. The fourth-order valence-electron chi connectivity index (χ4n) is 2.79. The molecule has 3 aromatic heterocycles. The van der Waals surface area contributed by atoms with Crippen molar-refractivity contribution in [3.8, 4) is 0 Å². The standard InChI is InChI=1S/C18H18N6OS3/c1-4-12-7-5-6-10(2)15(12)20-16-21-22-18(28-16)26-9-13-8-14(25)24-17(19-13)27-11(3)23-24/h5-8H,4,9H2,1-3H3,(H,20,21). The average Bonchev–Trinajstić information content (AvgIpc) is 3.27. The van der Waals surface area contributed by atoms with Crippen LogP contribution < -0.4 is 10.9 Å². The molecule has 1 N–H and O–H groups in total. The lowest BCUT2D eigenvalue weighted by Crippen LogP contribution is -2.15. The Kier molecular flexibility index (Phi) is 5.42. The van der Waals surface area contributed by atoms with Gasteiger partial charge in [-0.2, -0.15) is 9.61 Å². The van der Waals surface area contributed by atoms with Crippen molar-refractivity contribution in [2.45, 2.75) is 37.3 Å². The van der Waals surface area contributed by atoms with E-state index in [2.05, 4.69) is 57.6 Å². The van der Waals surface area contributed by atoms with Crippen molar-refractivity contribution in [3.05, 3.63) is 56.4 Å². The number of nitrogens with one attached hydrogen (secondary N) is 1. The molecule has 0 aliphatic carbocycles. The summed E-state index contributed by atoms with van der Waals surface area (Å²) < 4.78 is 2.17. The van der Waals surface area contributed by atoms with Crippen molar-refractivity contribution in [1.82, 2.24) is 24.8 Å². The molecule has 0 unspecified atom stereocenters. The van der Waals surface area contributed by atoms with E-state index in [0.29, 0.717) is 10.7 Å². The van der Waals surface area contributed by atoms with Gasteiger partial charge in [0.2, 0.25) is 10.1 Å². The van der Waals surface area contributed by atoms with E-state index in [1.54, 1.807) is 0 Å². The van der Waals surface area contributed by atoms with Crippen molar-refractivity contribution >= 4 is 50.2 Å². The number of thioether (sulfide) groups is 1. The summed E-state index contributed by atoms with van der Waals surface area (Å²) in [4.78, 5) is 17.3. The van der Waals surface area contributed by atoms with E-state index in [-0.39, 0.29) is 5.56 Å². The lowest BCUT2D eigenvalue weighted by Gasteiger charge is -2.11. The summed E-state index contributed by atoms with van der Waals surface area (Å²) in [7, 11) is 0. The van der Waals surface area contributed by atoms with Gasteiger partial charge in [-0.1, -0.05) is 59.6 Å². The zero-order valence-electron chi connectivity index (χ0n) is 15.6. The van der Waals surface area contributed by atoms with Gasteiger partial charge < -0.3 is 5.32 Å². The highest BCUT2D eigenvalue weighted by Gasteiger charge is 2.11. The second-order valence-corrected chi connectivity index (χ2v) is 9.51. The van der Waals surface area contributed by atoms with Crippen molar-refractivity contribution in [3.63, 3.8) is 0 Å². The number of anilines is 2. The average molecular weight is 431 g/mol. The van der Waals surface area contributed by atoms with Gasteiger partial charge in [-0.3, -0.25) is 4.79 Å². The van der Waals surface area contributed by atoms with E-state index >= 15 is 0 Å². The Morgan fingerprint density at radius 1 is 1.21 bits per heavy atom. The van der Waals surface area contributed by atoms with Gasteiger partial charge in [-0.25, -0.2) is 4.98 Å². The number of benzene rings is 1. The van der Waals surface area contributed by atoms with Crippen LogP contribution in [0, 0.1) is 13.8 Å². The molecule has 0 saturated carbocycles. The number of para-hydroxylation sites is 1. The highest BCUT2D eigenvalue weighted by molar-refractivity contribution is 8.00. The Morgan fingerprint density at radius 2 is 2.07 bits per heavy atom. The minimum Gasteiger partial charge on any atom is -0.330 e. The highest BCUT2D eigenvalue weighted by Crippen LogP contribution is 2.31. The van der Waals surface area contributed by atoms with Gasteiger partial charge in [-0.15, -0.1) is 10.2 Å². The van der Waals surface area contributed by atoms with Gasteiger partial charge in [0.1, 0.15) is 5.01 Å². The van der Waals surface area contributed by atoms with Crippen LogP contribution in [-0.2, 0) is 12.2 Å². The Hall–Kier alpha value is -2.30. The molecule has 0 atom stereocenters. The third-order valence-electron chi connectivity index (χ3n) is 4.12. The first kappa shape index (κ1) is 19.0. The number of rotatable bonds is 6. The van der Waals surface area contributed by atoms with Crippen LogP contribution >= 0.6 is 34.4 Å². The molecule has 7 nitrogen and oxygen atoms in total. The Bertz CT molecular complexity index is 1200. The maximum atomic E-state index is 12.1. The van der Waals surface area contributed by atoms with Crippen LogP contribution in [0.3, 0.4) is 0 Å². The molecule has 0 bridgehead atoms. The molecule has 0 radical (unpaired) electrons. The molecule has 0 spiro atoms. The maximum absolute atomic E-state index is 12.1. The van der Waals surface area contributed by atoms with Crippen LogP contribution in [0.25, 0.3) is 4.96 Å². The van der Waals surface area contributed by atoms with Crippen LogP contribution in [0.1, 0.15) is 28.8 Å². The summed E-state index contributed by atoms with van der Waals surface area (Å²) in [6.07, 6.45) is 0.950. The van der Waals surface area contributed by atoms with Crippen molar-refractivity contribution < 1.29 is 0 Å². The molecular formula is C18H18N6OS3. The van der Waals surface area contributed by atoms with Crippen LogP contribution in [-0.4, -0.2) is 24.8 Å². The van der Waals surface area contributed by atoms with Crippen molar-refractivity contribution in [1.29, 1.82) is 0 Å². The summed E-state index contributed by atoms with van der Waals surface area (Å²) >= 11 is 4.43. The SMILES string of the molecule is CCc1cccc(C)c1Nc1nnc(SCc2cc(=O)n3nc(C)sc3n2)s1. The minimum atomic E-state index is -0.156. The van der Waals surface area contributed by atoms with Crippen LogP contribution in [0.15, 0.2) is 33.4 Å². The van der Waals surface area contributed by atoms with E-state index in [4.69, 9.17) is 0 Å². The largest absolute Gasteiger partial charge is 0.330 e. The fourth-order valence-corrected chi connectivity index (χ4v) is 5.20. The van der Waals surface area contributed by atoms with Gasteiger partial charge in [0, 0.05) is 17.5 Å². The Labute approximate surface area is 173 Å². The van der Waals surface area contributed by atoms with Gasteiger partial charge in [0.05, 0.1) is 5.69 Å². The quantitative estimate of drug-likeness (QED) is 0.458. The molecule has 3 heterocycles. The molecule has 0 aliphatic heterocycles. The number of hydrogen-bond acceptors (Lipinski definition) is 9. The first-order chi connectivity index (χ1) is 13.5. The number of aromatic nitrogens is 5. The van der Waals surface area contributed by atoms with E-state index in [1.165, 1.54) is 56.1 Å². The number of fused-ring (bicyclic) bond motifs is 1. The molecule has 4 aromatic rings. The molecule has 144 valence electrons. The van der Waals surface area contributed by atoms with Gasteiger partial charge in [0.15, 0.2) is 4.34 Å². The molecule has 0 fully saturated rings. The lowest BCUT2D eigenvalue weighted by molar-refractivity contribution is 0.871. The highest BCUT2D eigenvalue weighted by atomic mass is 32.2. The smallest absolute Gasteiger partial charge is 0.275 e. The van der Waals surface area contributed by atoms with E-state index in [0.717, 1.165) is 32.3 Å². The third kappa shape index (κ3) is 3.94. The predicted molar refractivity (Wildman–Crippen MR) is 115 cm³/mol. The summed E-state index contributed by atoms with van der Waals surface area (Å²) in [5.41, 5.74) is 4.09. The predicted octanol–water partition coefficient (Wildman–Crippen LogP) is 4.22. The van der Waals surface area contributed by atoms with E-state index in [1.807, 2.05) is 6.92 Å². The molecule has 28 heavy (non-hydrogen) atoms. The monoisotopic (exact) mass is 430 g/mol. The first-order valence-corrected chi connectivity index (χ1v) is 11.3. The summed E-state index contributed by atoms with van der Waals surface area (Å²) in [6, 6.07) is 7.80. The number of nitrogens with zero attached hydrogens (tertiary/aromatic N) is 5. The molecule has 0 saturated heterocycles. The van der Waals surface area contributed by atoms with Crippen LogP contribution in [0.4, 0.5) is 10.8 Å². The normalized spacial score (nSPS) is 11.2. The van der Waals surface area contributed by atoms with Crippen molar-refractivity contribution in [2.24, 2.45) is 0 Å². The minimum absolute atomic E-state index is 0.156. The van der Waals surface area contributed by atoms with Gasteiger partial charge in [0.25, 0.3) is 5.56 Å². The zero-order valence-corrected chi connectivity index (χ0v) is 18.0. The maximum Gasteiger partial charge on any atom is 0.275 e. The second-order valence-electron chi connectivity index (χ2n) is 6.15. The van der Waals surface area contributed by atoms with Crippen LogP contribution in [0.2, 0.25) is 0 Å². The molecular weight excluding hydrogens is 412 g/mol. The second kappa shape index (κ2) is 7.98. The lowest BCUT2D eigenvalue weighted by atomic mass is 10.1. The van der Waals surface area contributed by atoms with Gasteiger partial charge >= 0.3 is 0 Å².